The van der Waals surface area contributed by atoms with Crippen molar-refractivity contribution in [3.8, 4) is 0 Å². The lowest BCUT2D eigenvalue weighted by molar-refractivity contribution is -0.137. The summed E-state index contributed by atoms with van der Waals surface area (Å²) in [5, 5.41) is 2.28. The molecule has 0 aromatic carbocycles. The monoisotopic (exact) mass is 238 g/mol. The van der Waals surface area contributed by atoms with Gasteiger partial charge in [-0.15, -0.1) is 11.3 Å². The standard InChI is InChI=1S/C9H13F3N2S/c1-6(13-2)3-4-7-5-14-8(15-7)9(10,11)12/h5-6,13H,3-4H2,1-2H3. The van der Waals surface area contributed by atoms with E-state index in [1.807, 2.05) is 14.0 Å². The summed E-state index contributed by atoms with van der Waals surface area (Å²) >= 11 is 0.728. The minimum absolute atomic E-state index is 0.307. The summed E-state index contributed by atoms with van der Waals surface area (Å²) in [6.45, 7) is 1.99. The van der Waals surface area contributed by atoms with E-state index in [2.05, 4.69) is 10.3 Å². The molecule has 15 heavy (non-hydrogen) atoms. The van der Waals surface area contributed by atoms with E-state index in [0.29, 0.717) is 17.3 Å². The summed E-state index contributed by atoms with van der Waals surface area (Å²) in [6, 6.07) is 0.307. The second-order valence-corrected chi connectivity index (χ2v) is 4.47. The van der Waals surface area contributed by atoms with Gasteiger partial charge in [-0.3, -0.25) is 0 Å². The van der Waals surface area contributed by atoms with Crippen LogP contribution in [0.4, 0.5) is 13.2 Å². The maximum absolute atomic E-state index is 12.2. The summed E-state index contributed by atoms with van der Waals surface area (Å²) in [7, 11) is 1.83. The van der Waals surface area contributed by atoms with Crippen LogP contribution in [0.3, 0.4) is 0 Å². The number of nitrogens with one attached hydrogen (secondary N) is 1. The van der Waals surface area contributed by atoms with Crippen molar-refractivity contribution in [2.45, 2.75) is 32.0 Å². The van der Waals surface area contributed by atoms with E-state index < -0.39 is 11.2 Å². The Bertz CT molecular complexity index is 309. The molecule has 6 heteroatoms. The summed E-state index contributed by atoms with van der Waals surface area (Å²) in [5.74, 6) is 0. The Kier molecular flexibility index (Phi) is 4.10. The highest BCUT2D eigenvalue weighted by molar-refractivity contribution is 7.11. The fourth-order valence-electron chi connectivity index (χ4n) is 1.06. The molecule has 2 nitrogen and oxygen atoms in total. The van der Waals surface area contributed by atoms with Crippen molar-refractivity contribution in [2.75, 3.05) is 7.05 Å². The van der Waals surface area contributed by atoms with Gasteiger partial charge in [0.1, 0.15) is 0 Å². The van der Waals surface area contributed by atoms with Gasteiger partial charge in [0.25, 0.3) is 0 Å². The second-order valence-electron chi connectivity index (χ2n) is 3.36. The van der Waals surface area contributed by atoms with E-state index in [0.717, 1.165) is 17.8 Å². The zero-order chi connectivity index (χ0) is 11.5. The highest BCUT2D eigenvalue weighted by Gasteiger charge is 2.34. The van der Waals surface area contributed by atoms with Crippen LogP contribution in [0, 0.1) is 0 Å². The molecule has 0 spiro atoms. The fourth-order valence-corrected chi connectivity index (χ4v) is 1.85. The van der Waals surface area contributed by atoms with Gasteiger partial charge in [0.05, 0.1) is 0 Å². The van der Waals surface area contributed by atoms with Crippen molar-refractivity contribution in [2.24, 2.45) is 0 Å². The summed E-state index contributed by atoms with van der Waals surface area (Å²) < 4.78 is 36.6. The maximum atomic E-state index is 12.2. The van der Waals surface area contributed by atoms with Crippen molar-refractivity contribution >= 4 is 11.3 Å². The Morgan fingerprint density at radius 2 is 2.20 bits per heavy atom. The predicted octanol–water partition coefficient (Wildman–Crippen LogP) is 2.70. The Morgan fingerprint density at radius 1 is 1.53 bits per heavy atom. The second kappa shape index (κ2) is 4.94. The first kappa shape index (κ1) is 12.4. The highest BCUT2D eigenvalue weighted by Crippen LogP contribution is 2.32. The lowest BCUT2D eigenvalue weighted by Gasteiger charge is -2.07. The normalized spacial score (nSPS) is 14.2. The van der Waals surface area contributed by atoms with Gasteiger partial charge in [0.2, 0.25) is 0 Å². The number of rotatable bonds is 4. The first-order valence-electron chi connectivity index (χ1n) is 4.62. The molecule has 1 heterocycles. The van der Waals surface area contributed by atoms with E-state index in [1.165, 1.54) is 6.20 Å². The van der Waals surface area contributed by atoms with Gasteiger partial charge in [-0.05, 0) is 26.8 Å². The van der Waals surface area contributed by atoms with Gasteiger partial charge in [0.15, 0.2) is 5.01 Å². The molecule has 0 aliphatic carbocycles. The minimum atomic E-state index is -4.31. The van der Waals surface area contributed by atoms with Crippen molar-refractivity contribution < 1.29 is 13.2 Å². The van der Waals surface area contributed by atoms with Crippen molar-refractivity contribution in [1.29, 1.82) is 0 Å². The van der Waals surface area contributed by atoms with Crippen LogP contribution in [0.15, 0.2) is 6.20 Å². The lowest BCUT2D eigenvalue weighted by atomic mass is 10.2. The third kappa shape index (κ3) is 3.79. The topological polar surface area (TPSA) is 24.9 Å². The molecule has 0 radical (unpaired) electrons. The molecule has 1 aromatic heterocycles. The van der Waals surface area contributed by atoms with Crippen molar-refractivity contribution in [3.05, 3.63) is 16.1 Å². The number of thiazole rings is 1. The van der Waals surface area contributed by atoms with Crippen LogP contribution in [0.25, 0.3) is 0 Å². The molecular weight excluding hydrogens is 225 g/mol. The number of alkyl halides is 3. The van der Waals surface area contributed by atoms with Gasteiger partial charge in [0, 0.05) is 17.1 Å². The zero-order valence-corrected chi connectivity index (χ0v) is 9.37. The van der Waals surface area contributed by atoms with E-state index in [1.54, 1.807) is 0 Å². The molecule has 0 fully saturated rings. The molecule has 0 saturated heterocycles. The number of nitrogens with zero attached hydrogens (tertiary/aromatic N) is 1. The maximum Gasteiger partial charge on any atom is 0.443 e. The van der Waals surface area contributed by atoms with E-state index in [-0.39, 0.29) is 0 Å². The first-order valence-corrected chi connectivity index (χ1v) is 5.44. The van der Waals surface area contributed by atoms with Gasteiger partial charge < -0.3 is 5.32 Å². The molecule has 0 amide bonds. The molecule has 1 atom stereocenters. The van der Waals surface area contributed by atoms with Crippen molar-refractivity contribution in [3.63, 3.8) is 0 Å². The lowest BCUT2D eigenvalue weighted by Crippen LogP contribution is -2.21. The molecule has 1 aromatic rings. The van der Waals surface area contributed by atoms with Crippen LogP contribution < -0.4 is 5.32 Å². The third-order valence-corrected chi connectivity index (χ3v) is 3.21. The molecular formula is C9H13F3N2S. The Labute approximate surface area is 90.5 Å². The largest absolute Gasteiger partial charge is 0.443 e. The van der Waals surface area contributed by atoms with Gasteiger partial charge in [-0.2, -0.15) is 13.2 Å². The Balaban J connectivity index is 2.54. The third-order valence-electron chi connectivity index (χ3n) is 2.11. The molecule has 0 bridgehead atoms. The first-order chi connectivity index (χ1) is 6.93. The fraction of sp³-hybridized carbons (Fsp3) is 0.667. The van der Waals surface area contributed by atoms with E-state index in [4.69, 9.17) is 0 Å². The molecule has 1 N–H and O–H groups in total. The molecule has 0 aliphatic heterocycles. The summed E-state index contributed by atoms with van der Waals surface area (Å²) in [5.41, 5.74) is 0. The highest BCUT2D eigenvalue weighted by atomic mass is 32.1. The molecule has 1 unspecified atom stereocenters. The Morgan fingerprint density at radius 3 is 2.67 bits per heavy atom. The molecule has 1 rings (SSSR count). The molecule has 0 saturated carbocycles. The molecule has 0 aliphatic rings. The number of aryl methyl sites for hydroxylation is 1. The minimum Gasteiger partial charge on any atom is -0.317 e. The van der Waals surface area contributed by atoms with Crippen LogP contribution in [-0.2, 0) is 12.6 Å². The number of hydrogen-bond acceptors (Lipinski definition) is 3. The van der Waals surface area contributed by atoms with Crippen LogP contribution in [0.5, 0.6) is 0 Å². The average Bonchev–Trinajstić information content (AvgIpc) is 2.61. The smallest absolute Gasteiger partial charge is 0.317 e. The summed E-state index contributed by atoms with van der Waals surface area (Å²) in [4.78, 5) is 4.05. The van der Waals surface area contributed by atoms with Gasteiger partial charge in [-0.1, -0.05) is 0 Å². The van der Waals surface area contributed by atoms with Crippen LogP contribution >= 0.6 is 11.3 Å². The predicted molar refractivity (Wildman–Crippen MR) is 54.0 cm³/mol. The van der Waals surface area contributed by atoms with Crippen LogP contribution in [0.2, 0.25) is 0 Å². The Hall–Kier alpha value is -0.620. The average molecular weight is 238 g/mol. The van der Waals surface area contributed by atoms with Crippen molar-refractivity contribution in [1.82, 2.24) is 10.3 Å². The number of hydrogen-bond donors (Lipinski definition) is 1. The zero-order valence-electron chi connectivity index (χ0n) is 8.56. The number of aromatic nitrogens is 1. The SMILES string of the molecule is CNC(C)CCc1cnc(C(F)(F)F)s1. The van der Waals surface area contributed by atoms with E-state index in [9.17, 15) is 13.2 Å². The van der Waals surface area contributed by atoms with Gasteiger partial charge >= 0.3 is 6.18 Å². The van der Waals surface area contributed by atoms with E-state index >= 15 is 0 Å². The molecule has 86 valence electrons. The quantitative estimate of drug-likeness (QED) is 0.872. The number of halogens is 3. The summed E-state index contributed by atoms with van der Waals surface area (Å²) in [6.07, 6.45) is -1.54. The van der Waals surface area contributed by atoms with Crippen LogP contribution in [-0.4, -0.2) is 18.1 Å². The van der Waals surface area contributed by atoms with Crippen LogP contribution in [0.1, 0.15) is 23.2 Å². The van der Waals surface area contributed by atoms with Gasteiger partial charge in [-0.25, -0.2) is 4.98 Å².